The van der Waals surface area contributed by atoms with Gasteiger partial charge in [-0.1, -0.05) is 168 Å². The predicted octanol–water partition coefficient (Wildman–Crippen LogP) is 13.6. The van der Waals surface area contributed by atoms with Crippen molar-refractivity contribution in [1.29, 1.82) is 0 Å². The van der Waals surface area contributed by atoms with Crippen molar-refractivity contribution in [2.45, 2.75) is 5.41 Å². The lowest BCUT2D eigenvalue weighted by molar-refractivity contribution is 0.793. The minimum atomic E-state index is -0.412. The third kappa shape index (κ3) is 4.53. The number of halogens is 1. The third-order valence-electron chi connectivity index (χ3n) is 10.8. The fourth-order valence-electron chi connectivity index (χ4n) is 8.62. The average molecular weight is 715 g/mol. The first-order chi connectivity index (χ1) is 25.2. The maximum atomic E-state index is 3.59. The van der Waals surface area contributed by atoms with Crippen molar-refractivity contribution in [3.05, 3.63) is 221 Å². The van der Waals surface area contributed by atoms with Crippen molar-refractivity contribution in [3.63, 3.8) is 0 Å². The molecule has 8 aromatic rings. The van der Waals surface area contributed by atoms with Gasteiger partial charge in [0.15, 0.2) is 0 Å². The lowest BCUT2D eigenvalue weighted by atomic mass is 9.70. The Morgan fingerprint density at radius 1 is 0.333 bits per heavy atom. The zero-order valence-corrected chi connectivity index (χ0v) is 29.4. The minimum absolute atomic E-state index is 0.412. The van der Waals surface area contributed by atoms with Crippen molar-refractivity contribution in [2.24, 2.45) is 0 Å². The van der Waals surface area contributed by atoms with E-state index in [1.807, 2.05) is 0 Å². The molecule has 2 aliphatic carbocycles. The van der Waals surface area contributed by atoms with Crippen LogP contribution in [0, 0.1) is 0 Å². The normalized spacial score (nSPS) is 13.0. The van der Waals surface area contributed by atoms with Crippen molar-refractivity contribution in [1.82, 2.24) is 0 Å². The Kier molecular flexibility index (Phi) is 6.94. The Morgan fingerprint density at radius 2 is 0.784 bits per heavy atom. The van der Waals surface area contributed by atoms with Crippen LogP contribution in [0.3, 0.4) is 0 Å². The first-order valence-corrected chi connectivity index (χ1v) is 18.3. The van der Waals surface area contributed by atoms with Crippen LogP contribution in [-0.2, 0) is 5.41 Å². The Bertz CT molecular complexity index is 2520. The first-order valence-electron chi connectivity index (χ1n) is 17.5. The summed E-state index contributed by atoms with van der Waals surface area (Å²) >= 11 is 3.59. The number of anilines is 3. The molecule has 8 aromatic carbocycles. The van der Waals surface area contributed by atoms with Gasteiger partial charge in [-0.3, -0.25) is 0 Å². The Balaban J connectivity index is 1.22. The zero-order valence-electron chi connectivity index (χ0n) is 27.8. The van der Waals surface area contributed by atoms with Crippen LogP contribution in [0.4, 0.5) is 17.1 Å². The minimum Gasteiger partial charge on any atom is -0.310 e. The molecule has 2 heteroatoms. The van der Waals surface area contributed by atoms with Gasteiger partial charge in [-0.05, 0) is 104 Å². The fourth-order valence-corrected chi connectivity index (χ4v) is 8.89. The standard InChI is InChI=1S/C49H32BrN/c50-36-26-22-33(23-27-36)34-24-28-37(29-25-34)51(48-21-11-7-14-39(48)35-12-2-1-3-13-35)38-30-31-43-42-17-6-10-20-46(42)49(47(43)32-38)44-18-8-4-15-40(44)41-16-5-9-19-45(41)49/h1-32H. The van der Waals surface area contributed by atoms with Gasteiger partial charge in [0, 0.05) is 21.4 Å². The molecule has 0 atom stereocenters. The highest BCUT2D eigenvalue weighted by Crippen LogP contribution is 2.63. The summed E-state index contributed by atoms with van der Waals surface area (Å²) in [6.45, 7) is 0. The van der Waals surface area contributed by atoms with Gasteiger partial charge in [-0.25, -0.2) is 0 Å². The quantitative estimate of drug-likeness (QED) is 0.172. The molecule has 0 amide bonds. The van der Waals surface area contributed by atoms with E-state index in [1.165, 1.54) is 66.8 Å². The molecule has 0 heterocycles. The Labute approximate surface area is 307 Å². The van der Waals surface area contributed by atoms with Crippen LogP contribution >= 0.6 is 15.9 Å². The smallest absolute Gasteiger partial charge is 0.0726 e. The maximum Gasteiger partial charge on any atom is 0.0726 e. The SMILES string of the molecule is Brc1ccc(-c2ccc(N(c3ccc4c(c3)C3(c5ccccc5-c5ccccc53)c3ccccc3-4)c3ccccc3-c3ccccc3)cc2)cc1. The summed E-state index contributed by atoms with van der Waals surface area (Å²) in [5, 5.41) is 0. The average Bonchev–Trinajstić information content (AvgIpc) is 3.66. The Morgan fingerprint density at radius 3 is 1.37 bits per heavy atom. The molecular weight excluding hydrogens is 682 g/mol. The van der Waals surface area contributed by atoms with Crippen molar-refractivity contribution >= 4 is 33.0 Å². The van der Waals surface area contributed by atoms with E-state index in [4.69, 9.17) is 0 Å². The van der Waals surface area contributed by atoms with E-state index >= 15 is 0 Å². The van der Waals surface area contributed by atoms with Gasteiger partial charge in [0.1, 0.15) is 0 Å². The summed E-state index contributed by atoms with van der Waals surface area (Å²) < 4.78 is 1.08. The topological polar surface area (TPSA) is 3.24 Å². The third-order valence-corrected chi connectivity index (χ3v) is 11.3. The van der Waals surface area contributed by atoms with E-state index in [0.29, 0.717) is 0 Å². The van der Waals surface area contributed by atoms with Crippen LogP contribution < -0.4 is 4.90 Å². The van der Waals surface area contributed by atoms with E-state index in [-0.39, 0.29) is 0 Å². The lowest BCUT2D eigenvalue weighted by Gasteiger charge is -2.32. The summed E-state index contributed by atoms with van der Waals surface area (Å²) in [4.78, 5) is 2.44. The first kappa shape index (κ1) is 29.9. The highest BCUT2D eigenvalue weighted by molar-refractivity contribution is 9.10. The summed E-state index contributed by atoms with van der Waals surface area (Å²) in [6, 6.07) is 71.2. The number of hydrogen-bond donors (Lipinski definition) is 0. The van der Waals surface area contributed by atoms with Crippen molar-refractivity contribution in [2.75, 3.05) is 4.90 Å². The van der Waals surface area contributed by atoms with Crippen LogP contribution in [0.1, 0.15) is 22.3 Å². The molecule has 0 fully saturated rings. The van der Waals surface area contributed by atoms with Crippen LogP contribution in [0.15, 0.2) is 199 Å². The van der Waals surface area contributed by atoms with Crippen LogP contribution in [0.5, 0.6) is 0 Å². The van der Waals surface area contributed by atoms with E-state index in [9.17, 15) is 0 Å². The second-order valence-electron chi connectivity index (χ2n) is 13.4. The lowest BCUT2D eigenvalue weighted by Crippen LogP contribution is -2.26. The van der Waals surface area contributed by atoms with Crippen LogP contribution in [0.25, 0.3) is 44.5 Å². The summed E-state index contributed by atoms with van der Waals surface area (Å²) in [5.41, 5.74) is 18.3. The molecule has 0 unspecified atom stereocenters. The van der Waals surface area contributed by atoms with Gasteiger partial charge >= 0.3 is 0 Å². The molecule has 51 heavy (non-hydrogen) atoms. The van der Waals surface area contributed by atoms with Gasteiger partial charge in [-0.2, -0.15) is 0 Å². The summed E-state index contributed by atoms with van der Waals surface area (Å²) in [6.07, 6.45) is 0. The molecule has 0 bridgehead atoms. The molecular formula is C49H32BrN. The van der Waals surface area contributed by atoms with E-state index in [1.54, 1.807) is 0 Å². The number of fused-ring (bicyclic) bond motifs is 10. The monoisotopic (exact) mass is 713 g/mol. The molecule has 0 radical (unpaired) electrons. The van der Waals surface area contributed by atoms with Gasteiger partial charge in [0.05, 0.1) is 11.1 Å². The van der Waals surface area contributed by atoms with E-state index < -0.39 is 5.41 Å². The molecule has 1 spiro atoms. The molecule has 0 N–H and O–H groups in total. The van der Waals surface area contributed by atoms with Crippen LogP contribution in [-0.4, -0.2) is 0 Å². The second-order valence-corrected chi connectivity index (χ2v) is 14.3. The highest BCUT2D eigenvalue weighted by atomic mass is 79.9. The fraction of sp³-hybridized carbons (Fsp3) is 0.0204. The predicted molar refractivity (Wildman–Crippen MR) is 216 cm³/mol. The molecule has 2 aliphatic rings. The number of benzene rings is 8. The van der Waals surface area contributed by atoms with Gasteiger partial charge < -0.3 is 4.90 Å². The van der Waals surface area contributed by atoms with Crippen molar-refractivity contribution < 1.29 is 0 Å². The number of hydrogen-bond acceptors (Lipinski definition) is 1. The number of para-hydroxylation sites is 1. The molecule has 0 saturated heterocycles. The number of nitrogens with zero attached hydrogens (tertiary/aromatic N) is 1. The summed E-state index contributed by atoms with van der Waals surface area (Å²) in [5.74, 6) is 0. The maximum absolute atomic E-state index is 3.59. The van der Waals surface area contributed by atoms with E-state index in [2.05, 4.69) is 215 Å². The Hall–Kier alpha value is -5.96. The largest absolute Gasteiger partial charge is 0.310 e. The number of rotatable bonds is 5. The van der Waals surface area contributed by atoms with Crippen LogP contribution in [0.2, 0.25) is 0 Å². The molecule has 0 aliphatic heterocycles. The molecule has 0 aromatic heterocycles. The van der Waals surface area contributed by atoms with Gasteiger partial charge in [0.25, 0.3) is 0 Å². The molecule has 0 saturated carbocycles. The molecule has 1 nitrogen and oxygen atoms in total. The molecule has 10 rings (SSSR count). The molecule has 240 valence electrons. The van der Waals surface area contributed by atoms with Crippen molar-refractivity contribution in [3.8, 4) is 44.5 Å². The zero-order chi connectivity index (χ0) is 33.9. The summed E-state index contributed by atoms with van der Waals surface area (Å²) in [7, 11) is 0. The highest BCUT2D eigenvalue weighted by Gasteiger charge is 2.51. The van der Waals surface area contributed by atoms with Gasteiger partial charge in [-0.15, -0.1) is 0 Å². The second kappa shape index (κ2) is 11.8. The van der Waals surface area contributed by atoms with E-state index in [0.717, 1.165) is 21.5 Å². The van der Waals surface area contributed by atoms with Gasteiger partial charge in [0.2, 0.25) is 0 Å².